The van der Waals surface area contributed by atoms with Crippen LogP contribution < -0.4 is 5.32 Å². The monoisotopic (exact) mass is 374 g/mol. The van der Waals surface area contributed by atoms with Crippen molar-refractivity contribution in [3.63, 3.8) is 0 Å². The summed E-state index contributed by atoms with van der Waals surface area (Å²) in [7, 11) is 0. The quantitative estimate of drug-likeness (QED) is 0.877. The first-order valence-electron chi connectivity index (χ1n) is 8.45. The van der Waals surface area contributed by atoms with Crippen LogP contribution in [0, 0.1) is 17.8 Å². The summed E-state index contributed by atoms with van der Waals surface area (Å²) in [6.07, 6.45) is 4.88. The van der Waals surface area contributed by atoms with Crippen LogP contribution in [0.25, 0.3) is 0 Å². The highest BCUT2D eigenvalue weighted by atomic mass is 35.5. The number of fused-ring (bicyclic) bond motifs is 5. The molecule has 0 unspecified atom stereocenters. The second kappa shape index (κ2) is 5.70. The van der Waals surface area contributed by atoms with E-state index in [0.717, 1.165) is 5.56 Å². The number of nitrogens with one attached hydrogen (secondary N) is 1. The van der Waals surface area contributed by atoms with Crippen molar-refractivity contribution in [3.05, 3.63) is 58.3 Å². The van der Waals surface area contributed by atoms with Crippen LogP contribution in [0.1, 0.15) is 17.9 Å². The lowest BCUT2D eigenvalue weighted by Gasteiger charge is -2.27. The van der Waals surface area contributed by atoms with Crippen LogP contribution in [0.4, 0.5) is 5.69 Å². The zero-order valence-electron chi connectivity index (χ0n) is 13.2. The minimum Gasteiger partial charge on any atom is -0.373 e. The van der Waals surface area contributed by atoms with E-state index in [0.29, 0.717) is 27.6 Å². The topological polar surface area (TPSA) is 51.2 Å². The normalized spacial score (nSPS) is 34.6. The molecule has 2 aliphatic heterocycles. The van der Waals surface area contributed by atoms with E-state index in [1.165, 1.54) is 6.42 Å². The van der Waals surface area contributed by atoms with Gasteiger partial charge in [0.15, 0.2) is 0 Å². The predicted molar refractivity (Wildman–Crippen MR) is 95.8 cm³/mol. The minimum atomic E-state index is -0.189. The zero-order chi connectivity index (χ0) is 17.1. The van der Waals surface area contributed by atoms with Crippen LogP contribution in [0.5, 0.6) is 0 Å². The number of hydrogen-bond donors (Lipinski definition) is 1. The molecule has 3 aliphatic rings. The standard InChI is InChI=1S/C19H16Cl2N2O2/c20-13-2-1-10(7-14(13)21)23-19(24)16-15(9-3-5-22-6-4-9)17-11-8-12(11)18(16)25-17/h1-7,11-12,15-18H,8H2,(H,23,24)/t11-,12+,15+,16+,17-,18+/m0/s1. The predicted octanol–water partition coefficient (Wildman–Crippen LogP) is 4.14. The highest BCUT2D eigenvalue weighted by molar-refractivity contribution is 6.42. The van der Waals surface area contributed by atoms with E-state index in [9.17, 15) is 4.79 Å². The van der Waals surface area contributed by atoms with Crippen molar-refractivity contribution >= 4 is 34.8 Å². The lowest BCUT2D eigenvalue weighted by Crippen LogP contribution is -2.37. The Morgan fingerprint density at radius 3 is 2.60 bits per heavy atom. The van der Waals surface area contributed by atoms with E-state index in [4.69, 9.17) is 27.9 Å². The van der Waals surface area contributed by atoms with E-state index in [1.807, 2.05) is 12.1 Å². The molecule has 6 atom stereocenters. The van der Waals surface area contributed by atoms with Gasteiger partial charge >= 0.3 is 0 Å². The van der Waals surface area contributed by atoms with Gasteiger partial charge in [0.05, 0.1) is 28.2 Å². The Hall–Kier alpha value is -1.62. The Kier molecular flexibility index (Phi) is 3.56. The summed E-state index contributed by atoms with van der Waals surface area (Å²) in [5.74, 6) is 1.02. The maximum atomic E-state index is 13.1. The Labute approximate surface area is 155 Å². The van der Waals surface area contributed by atoms with Gasteiger partial charge in [0.25, 0.3) is 0 Å². The molecule has 1 aliphatic carbocycles. The third-order valence-corrected chi connectivity index (χ3v) is 6.46. The molecule has 3 heterocycles. The van der Waals surface area contributed by atoms with Gasteiger partial charge in [0.1, 0.15) is 0 Å². The van der Waals surface area contributed by atoms with Crippen molar-refractivity contribution in [2.24, 2.45) is 17.8 Å². The van der Waals surface area contributed by atoms with Gasteiger partial charge in [-0.25, -0.2) is 0 Å². The number of ether oxygens (including phenoxy) is 1. The summed E-state index contributed by atoms with van der Waals surface area (Å²) in [5.41, 5.74) is 1.78. The Bertz CT molecular complexity index is 845. The highest BCUT2D eigenvalue weighted by Crippen LogP contribution is 2.65. The molecule has 1 saturated carbocycles. The molecule has 1 aromatic carbocycles. The number of hydrogen-bond acceptors (Lipinski definition) is 3. The lowest BCUT2D eigenvalue weighted by molar-refractivity contribution is -0.122. The molecular weight excluding hydrogens is 359 g/mol. The first-order chi connectivity index (χ1) is 12.1. The van der Waals surface area contributed by atoms with E-state index in [2.05, 4.69) is 10.3 Å². The van der Waals surface area contributed by atoms with Crippen molar-refractivity contribution in [1.82, 2.24) is 4.98 Å². The molecule has 5 rings (SSSR count). The molecule has 1 amide bonds. The smallest absolute Gasteiger partial charge is 0.230 e. The number of amides is 1. The third kappa shape index (κ3) is 2.47. The molecule has 128 valence electrons. The average Bonchev–Trinajstić information content (AvgIpc) is 3.23. The first kappa shape index (κ1) is 15.6. The molecule has 0 radical (unpaired) electrons. The molecule has 0 spiro atoms. The SMILES string of the molecule is O=C(Nc1ccc(Cl)c(Cl)c1)[C@H]1[C@@H]2O[C@@H]([C@H]3C[C@H]32)[C@@H]1c1ccncc1. The molecular formula is C19H16Cl2N2O2. The van der Waals surface area contributed by atoms with E-state index in [-0.39, 0.29) is 30.0 Å². The van der Waals surface area contributed by atoms with Crippen molar-refractivity contribution in [3.8, 4) is 0 Å². The Balaban J connectivity index is 1.44. The second-order valence-corrected chi connectivity index (χ2v) is 7.89. The summed E-state index contributed by atoms with van der Waals surface area (Å²) in [5, 5.41) is 3.90. The van der Waals surface area contributed by atoms with Gasteiger partial charge in [-0.15, -0.1) is 0 Å². The van der Waals surface area contributed by atoms with Gasteiger partial charge in [-0.05, 0) is 54.2 Å². The molecule has 1 aromatic heterocycles. The number of carbonyl (C=O) groups excluding carboxylic acids is 1. The van der Waals surface area contributed by atoms with Crippen molar-refractivity contribution in [2.75, 3.05) is 5.32 Å². The number of aromatic nitrogens is 1. The number of halogens is 2. The number of carbonyl (C=O) groups is 1. The summed E-state index contributed by atoms with van der Waals surface area (Å²) in [4.78, 5) is 17.2. The van der Waals surface area contributed by atoms with Gasteiger partial charge < -0.3 is 10.1 Å². The van der Waals surface area contributed by atoms with Crippen LogP contribution in [0.3, 0.4) is 0 Å². The second-order valence-electron chi connectivity index (χ2n) is 7.08. The molecule has 2 aromatic rings. The van der Waals surface area contributed by atoms with Gasteiger partial charge in [-0.3, -0.25) is 9.78 Å². The molecule has 2 saturated heterocycles. The van der Waals surface area contributed by atoms with Crippen LogP contribution in [-0.4, -0.2) is 23.1 Å². The number of rotatable bonds is 3. The lowest BCUT2D eigenvalue weighted by atomic mass is 9.75. The number of anilines is 1. The Morgan fingerprint density at radius 2 is 1.84 bits per heavy atom. The number of benzene rings is 1. The van der Waals surface area contributed by atoms with Crippen molar-refractivity contribution in [1.29, 1.82) is 0 Å². The number of pyridine rings is 1. The van der Waals surface area contributed by atoms with Crippen LogP contribution >= 0.6 is 23.2 Å². The third-order valence-electron chi connectivity index (χ3n) is 5.73. The molecule has 3 fully saturated rings. The van der Waals surface area contributed by atoms with Crippen LogP contribution in [-0.2, 0) is 9.53 Å². The first-order valence-corrected chi connectivity index (χ1v) is 9.20. The largest absolute Gasteiger partial charge is 0.373 e. The maximum Gasteiger partial charge on any atom is 0.230 e. The fourth-order valence-electron chi connectivity index (χ4n) is 4.58. The van der Waals surface area contributed by atoms with Gasteiger partial charge in [-0.1, -0.05) is 23.2 Å². The molecule has 4 nitrogen and oxygen atoms in total. The summed E-state index contributed by atoms with van der Waals surface area (Å²) in [6, 6.07) is 9.12. The fraction of sp³-hybridized carbons (Fsp3) is 0.368. The number of nitrogens with zero attached hydrogens (tertiary/aromatic N) is 1. The summed E-state index contributed by atoms with van der Waals surface area (Å²) in [6.45, 7) is 0. The zero-order valence-corrected chi connectivity index (χ0v) is 14.7. The van der Waals surface area contributed by atoms with E-state index in [1.54, 1.807) is 30.6 Å². The van der Waals surface area contributed by atoms with Gasteiger partial charge in [0.2, 0.25) is 5.91 Å². The minimum absolute atomic E-state index is 0.0101. The molecule has 2 bridgehead atoms. The van der Waals surface area contributed by atoms with Crippen molar-refractivity contribution < 1.29 is 9.53 Å². The molecule has 1 N–H and O–H groups in total. The van der Waals surface area contributed by atoms with Crippen molar-refractivity contribution in [2.45, 2.75) is 24.5 Å². The highest BCUT2D eigenvalue weighted by Gasteiger charge is 2.68. The van der Waals surface area contributed by atoms with E-state index < -0.39 is 0 Å². The van der Waals surface area contributed by atoms with Gasteiger partial charge in [0, 0.05) is 24.0 Å². The average molecular weight is 375 g/mol. The van der Waals surface area contributed by atoms with E-state index >= 15 is 0 Å². The molecule has 6 heteroatoms. The maximum absolute atomic E-state index is 13.1. The summed E-state index contributed by atoms with van der Waals surface area (Å²) >= 11 is 12.0. The fourth-order valence-corrected chi connectivity index (χ4v) is 4.88. The van der Waals surface area contributed by atoms with Crippen LogP contribution in [0.15, 0.2) is 42.7 Å². The Morgan fingerprint density at radius 1 is 1.08 bits per heavy atom. The van der Waals surface area contributed by atoms with Crippen LogP contribution in [0.2, 0.25) is 10.0 Å². The van der Waals surface area contributed by atoms with Gasteiger partial charge in [-0.2, -0.15) is 0 Å². The molecule has 25 heavy (non-hydrogen) atoms. The summed E-state index contributed by atoms with van der Waals surface area (Å²) < 4.78 is 6.19.